The Kier molecular flexibility index (Phi) is 5.05. The van der Waals surface area contributed by atoms with E-state index < -0.39 is 28.8 Å². The molecular formula is C19H33NO7. The van der Waals surface area contributed by atoms with Crippen molar-refractivity contribution in [3.8, 4) is 0 Å². The quantitative estimate of drug-likeness (QED) is 0.735. The van der Waals surface area contributed by atoms with Crippen molar-refractivity contribution in [2.24, 2.45) is 0 Å². The topological polar surface area (TPSA) is 75.7 Å². The number of hydrogen-bond acceptors (Lipinski definition) is 7. The number of fused-ring (bicyclic) bond motifs is 1. The molecule has 0 aromatic carbocycles. The van der Waals surface area contributed by atoms with Gasteiger partial charge in [0, 0.05) is 21.3 Å². The number of carbonyl (C=O) groups excluding carboxylic acids is 1. The van der Waals surface area contributed by atoms with Gasteiger partial charge in [-0.05, 0) is 47.5 Å². The molecule has 8 heteroatoms. The van der Waals surface area contributed by atoms with Crippen molar-refractivity contribution in [3.63, 3.8) is 0 Å². The lowest BCUT2D eigenvalue weighted by atomic mass is 9.89. The Morgan fingerprint density at radius 2 is 1.59 bits per heavy atom. The van der Waals surface area contributed by atoms with Gasteiger partial charge in [0.05, 0.1) is 12.1 Å². The van der Waals surface area contributed by atoms with Crippen molar-refractivity contribution >= 4 is 6.09 Å². The molecule has 0 aromatic heterocycles. The van der Waals surface area contributed by atoms with Gasteiger partial charge in [0.15, 0.2) is 0 Å². The Morgan fingerprint density at radius 1 is 1.04 bits per heavy atom. The summed E-state index contributed by atoms with van der Waals surface area (Å²) in [7, 11) is 4.75. The minimum absolute atomic E-state index is 0.345. The zero-order chi connectivity index (χ0) is 20.3. The molecule has 0 N–H and O–H groups in total. The number of ether oxygens (including phenoxy) is 6. The van der Waals surface area contributed by atoms with Crippen LogP contribution in [0, 0.1) is 0 Å². The lowest BCUT2D eigenvalue weighted by molar-refractivity contribution is -0.460. The monoisotopic (exact) mass is 387 g/mol. The van der Waals surface area contributed by atoms with Crippen LogP contribution in [0.2, 0.25) is 0 Å². The van der Waals surface area contributed by atoms with Crippen molar-refractivity contribution in [2.45, 2.75) is 88.5 Å². The van der Waals surface area contributed by atoms with Crippen LogP contribution in [-0.2, 0) is 28.4 Å². The molecule has 2 aliphatic heterocycles. The molecule has 27 heavy (non-hydrogen) atoms. The van der Waals surface area contributed by atoms with Crippen LogP contribution in [0.3, 0.4) is 0 Å². The molecule has 2 heterocycles. The van der Waals surface area contributed by atoms with Gasteiger partial charge in [-0.25, -0.2) is 4.79 Å². The zero-order valence-electron chi connectivity index (χ0n) is 17.7. The number of carbonyl (C=O) groups is 1. The first-order chi connectivity index (χ1) is 12.5. The standard InChI is InChI=1S/C19H33NO7/c1-16(2,3)27-15(21)20-11-12-13(14(22-6)19(20)9-10-19)26-18(5,24-8)17(4,23-7)25-12/h12-14H,9-11H2,1-8H3. The van der Waals surface area contributed by atoms with Crippen LogP contribution in [0.25, 0.3) is 0 Å². The minimum atomic E-state index is -1.13. The summed E-state index contributed by atoms with van der Waals surface area (Å²) in [5.41, 5.74) is -1.01. The Morgan fingerprint density at radius 3 is 2.04 bits per heavy atom. The van der Waals surface area contributed by atoms with Crippen LogP contribution in [0.4, 0.5) is 4.79 Å². The largest absolute Gasteiger partial charge is 0.444 e. The second-order valence-corrected chi connectivity index (χ2v) is 8.89. The second-order valence-electron chi connectivity index (χ2n) is 8.89. The number of nitrogens with zero attached hydrogens (tertiary/aromatic N) is 1. The maximum absolute atomic E-state index is 12.9. The van der Waals surface area contributed by atoms with Gasteiger partial charge in [-0.1, -0.05) is 0 Å². The smallest absolute Gasteiger partial charge is 0.410 e. The highest BCUT2D eigenvalue weighted by atomic mass is 16.8. The van der Waals surface area contributed by atoms with Crippen molar-refractivity contribution < 1.29 is 33.2 Å². The molecule has 5 unspecified atom stereocenters. The minimum Gasteiger partial charge on any atom is -0.444 e. The van der Waals surface area contributed by atoms with E-state index in [1.807, 2.05) is 20.8 Å². The number of piperidine rings is 1. The molecule has 3 aliphatic rings. The maximum Gasteiger partial charge on any atom is 0.410 e. The predicted octanol–water partition coefficient (Wildman–Crippen LogP) is 2.29. The van der Waals surface area contributed by atoms with Crippen LogP contribution in [0.5, 0.6) is 0 Å². The highest BCUT2D eigenvalue weighted by Gasteiger charge is 2.69. The molecule has 8 nitrogen and oxygen atoms in total. The Bertz CT molecular complexity index is 587. The number of rotatable bonds is 3. The molecule has 0 aromatic rings. The van der Waals surface area contributed by atoms with E-state index in [0.717, 1.165) is 12.8 Å². The average Bonchev–Trinajstić information content (AvgIpc) is 3.35. The summed E-state index contributed by atoms with van der Waals surface area (Å²) < 4.78 is 35.4. The highest BCUT2D eigenvalue weighted by Crippen LogP contribution is 2.54. The molecule has 2 saturated heterocycles. The molecular weight excluding hydrogens is 354 g/mol. The number of methoxy groups -OCH3 is 3. The fourth-order valence-corrected chi connectivity index (χ4v) is 4.20. The lowest BCUT2D eigenvalue weighted by Gasteiger charge is -2.58. The van der Waals surface area contributed by atoms with Crippen LogP contribution in [0.1, 0.15) is 47.5 Å². The van der Waals surface area contributed by atoms with Gasteiger partial charge in [0.1, 0.15) is 23.9 Å². The fourth-order valence-electron chi connectivity index (χ4n) is 4.20. The van der Waals surface area contributed by atoms with Gasteiger partial charge in [-0.2, -0.15) is 0 Å². The van der Waals surface area contributed by atoms with Crippen LogP contribution in [0.15, 0.2) is 0 Å². The van der Waals surface area contributed by atoms with E-state index in [9.17, 15) is 4.79 Å². The molecule has 0 bridgehead atoms. The summed E-state index contributed by atoms with van der Waals surface area (Å²) in [5, 5.41) is 0. The Balaban J connectivity index is 1.92. The fraction of sp³-hybridized carbons (Fsp3) is 0.947. The molecule has 1 saturated carbocycles. The van der Waals surface area contributed by atoms with E-state index >= 15 is 0 Å². The molecule has 3 fully saturated rings. The first-order valence-electron chi connectivity index (χ1n) is 9.44. The first kappa shape index (κ1) is 20.8. The molecule has 0 radical (unpaired) electrons. The highest BCUT2D eigenvalue weighted by molar-refractivity contribution is 5.70. The molecule has 5 atom stereocenters. The maximum atomic E-state index is 12.9. The lowest BCUT2D eigenvalue weighted by Crippen LogP contribution is -2.74. The Labute approximate surface area is 161 Å². The zero-order valence-corrected chi connectivity index (χ0v) is 17.7. The van der Waals surface area contributed by atoms with E-state index in [4.69, 9.17) is 28.4 Å². The van der Waals surface area contributed by atoms with E-state index in [0.29, 0.717) is 6.54 Å². The van der Waals surface area contributed by atoms with Crippen molar-refractivity contribution in [2.75, 3.05) is 27.9 Å². The summed E-state index contributed by atoms with van der Waals surface area (Å²) >= 11 is 0. The molecule has 1 amide bonds. The van der Waals surface area contributed by atoms with Gasteiger partial charge in [-0.15, -0.1) is 0 Å². The van der Waals surface area contributed by atoms with Gasteiger partial charge in [-0.3, -0.25) is 4.90 Å². The summed E-state index contributed by atoms with van der Waals surface area (Å²) in [6.07, 6.45) is 0.152. The SMILES string of the molecule is COC1C2OC(C)(OC)C(C)(OC)OC2CN(C(=O)OC(C)(C)C)C12CC2. The molecule has 1 spiro atoms. The number of hydrogen-bond donors (Lipinski definition) is 0. The van der Waals surface area contributed by atoms with Gasteiger partial charge >= 0.3 is 6.09 Å². The van der Waals surface area contributed by atoms with Gasteiger partial charge < -0.3 is 28.4 Å². The summed E-state index contributed by atoms with van der Waals surface area (Å²) in [6, 6.07) is 0. The normalized spacial score (nSPS) is 40.6. The molecule has 3 rings (SSSR count). The summed E-state index contributed by atoms with van der Waals surface area (Å²) in [6.45, 7) is 9.48. The predicted molar refractivity (Wildman–Crippen MR) is 96.3 cm³/mol. The van der Waals surface area contributed by atoms with Gasteiger partial charge in [0.2, 0.25) is 11.6 Å². The van der Waals surface area contributed by atoms with E-state index in [1.54, 1.807) is 40.1 Å². The van der Waals surface area contributed by atoms with Crippen LogP contribution in [-0.4, -0.2) is 79.9 Å². The van der Waals surface area contributed by atoms with Crippen molar-refractivity contribution in [1.82, 2.24) is 4.90 Å². The van der Waals surface area contributed by atoms with E-state index in [-0.39, 0.29) is 18.3 Å². The van der Waals surface area contributed by atoms with Crippen molar-refractivity contribution in [1.29, 1.82) is 0 Å². The third kappa shape index (κ3) is 3.25. The van der Waals surface area contributed by atoms with E-state index in [1.165, 1.54) is 0 Å². The number of likely N-dealkylation sites (tertiary alicyclic amines) is 1. The third-order valence-corrected chi connectivity index (χ3v) is 6.07. The molecule has 1 aliphatic carbocycles. The van der Waals surface area contributed by atoms with Crippen LogP contribution < -0.4 is 0 Å². The van der Waals surface area contributed by atoms with Crippen molar-refractivity contribution in [3.05, 3.63) is 0 Å². The summed E-state index contributed by atoms with van der Waals surface area (Å²) in [5.74, 6) is -2.24. The summed E-state index contributed by atoms with van der Waals surface area (Å²) in [4.78, 5) is 14.7. The van der Waals surface area contributed by atoms with E-state index in [2.05, 4.69) is 0 Å². The first-order valence-corrected chi connectivity index (χ1v) is 9.44. The third-order valence-electron chi connectivity index (χ3n) is 6.07. The van der Waals surface area contributed by atoms with Crippen LogP contribution >= 0.6 is 0 Å². The molecule has 156 valence electrons. The Hall–Kier alpha value is -0.930. The average molecular weight is 387 g/mol. The second kappa shape index (κ2) is 6.56. The van der Waals surface area contributed by atoms with Gasteiger partial charge in [0.25, 0.3) is 0 Å². The number of amides is 1.